The first-order valence-electron chi connectivity index (χ1n) is 1.99. The smallest absolute Gasteiger partial charge is 1.00 e. The minimum atomic E-state index is 0. The van der Waals surface area contributed by atoms with Gasteiger partial charge < -0.3 is 2.85 Å². The molecule has 0 unspecified atom stereocenters. The molecule has 6 heavy (non-hydrogen) atoms. The van der Waals surface area contributed by atoms with Crippen molar-refractivity contribution < 1.29 is 2.85 Å². The predicted molar refractivity (Wildman–Crippen MR) is 31.4 cm³/mol. The Morgan fingerprint density at radius 2 is 2.17 bits per heavy atom. The van der Waals surface area contributed by atoms with Crippen LogP contribution in [0.1, 0.15) is 15.7 Å². The normalized spacial score (nSPS) is 19.5. The monoisotopic (exact) mass is 116 g/mol. The van der Waals surface area contributed by atoms with Gasteiger partial charge in [0.25, 0.3) is 0 Å². The summed E-state index contributed by atoms with van der Waals surface area (Å²) in [6, 6.07) is 0. The van der Waals surface area contributed by atoms with E-state index in [9.17, 15) is 0 Å². The van der Waals surface area contributed by atoms with Crippen LogP contribution in [0.2, 0.25) is 0 Å². The van der Waals surface area contributed by atoms with Crippen LogP contribution in [0.3, 0.4) is 0 Å². The Kier molecular flexibility index (Phi) is 3.66. The van der Waals surface area contributed by atoms with E-state index >= 15 is 0 Å². The van der Waals surface area contributed by atoms with Gasteiger partial charge in [-0.15, -0.1) is 11.6 Å². The Hall–Kier alpha value is 1.06. The van der Waals surface area contributed by atoms with Gasteiger partial charge in [-0.2, -0.15) is 0 Å². The fraction of sp³-hybridized carbons (Fsp3) is 1.00. The van der Waals surface area contributed by atoms with Crippen LogP contribution in [-0.2, 0) is 0 Å². The van der Waals surface area contributed by atoms with Crippen LogP contribution < -0.4 is 0 Å². The van der Waals surface area contributed by atoms with Gasteiger partial charge in [0.2, 0.25) is 0 Å². The predicted octanol–water partition coefficient (Wildman–Crippen LogP) is 1.48. The fourth-order valence-corrected chi connectivity index (χ4v) is 0.581. The third kappa shape index (κ3) is 2.27. The van der Waals surface area contributed by atoms with Gasteiger partial charge in [-0.25, -0.2) is 0 Å². The first kappa shape index (κ1) is 7.06. The molecule has 0 bridgehead atoms. The summed E-state index contributed by atoms with van der Waals surface area (Å²) in [5, 5.41) is 0. The van der Waals surface area contributed by atoms with E-state index in [2.05, 4.69) is 0 Å². The largest absolute Gasteiger partial charge is 2.00 e. The number of rotatable bonds is 1. The molecule has 2 heteroatoms. The van der Waals surface area contributed by atoms with Crippen LogP contribution in [0.4, 0.5) is 0 Å². The fourth-order valence-electron chi connectivity index (χ4n) is 0.272. The van der Waals surface area contributed by atoms with Gasteiger partial charge in [-0.05, 0) is 18.8 Å². The zero-order chi connectivity index (χ0) is 3.70. The van der Waals surface area contributed by atoms with E-state index in [0.29, 0.717) is 0 Å². The Morgan fingerprint density at radius 1 is 1.67 bits per heavy atom. The second-order valence-electron chi connectivity index (χ2n) is 1.60. The minimum Gasteiger partial charge on any atom is -1.00 e. The molecule has 0 nitrogen and oxygen atoms in total. The van der Waals surface area contributed by atoms with Crippen LogP contribution >= 0.6 is 11.6 Å². The Bertz CT molecular complexity index is 41.0. The summed E-state index contributed by atoms with van der Waals surface area (Å²) in [6.45, 7) is 0. The molecular formula is C4H9ClMg. The molecular weight excluding hydrogens is 108 g/mol. The quantitative estimate of drug-likeness (QED) is 0.360. The standard InChI is InChI=1S/C4H7Cl.Mg.2H/c5-3-4-1-2-4;;;/h4H,1-3H2;;;/q;+2;2*-1. The van der Waals surface area contributed by atoms with Gasteiger partial charge in [0.05, 0.1) is 0 Å². The van der Waals surface area contributed by atoms with Crippen molar-refractivity contribution in [3.8, 4) is 0 Å². The molecule has 0 heterocycles. The average molecular weight is 117 g/mol. The third-order valence-corrected chi connectivity index (χ3v) is 1.35. The summed E-state index contributed by atoms with van der Waals surface area (Å²) in [5.41, 5.74) is 0. The molecule has 0 aromatic heterocycles. The molecule has 1 aliphatic rings. The van der Waals surface area contributed by atoms with Gasteiger partial charge in [0.15, 0.2) is 0 Å². The van der Waals surface area contributed by atoms with E-state index in [1.807, 2.05) is 0 Å². The van der Waals surface area contributed by atoms with Crippen molar-refractivity contribution in [1.29, 1.82) is 0 Å². The van der Waals surface area contributed by atoms with Crippen molar-refractivity contribution in [3.05, 3.63) is 0 Å². The summed E-state index contributed by atoms with van der Waals surface area (Å²) < 4.78 is 0. The van der Waals surface area contributed by atoms with Crippen molar-refractivity contribution in [2.75, 3.05) is 5.88 Å². The zero-order valence-corrected chi connectivity index (χ0v) is 5.95. The number of halogens is 1. The maximum atomic E-state index is 5.40. The Balaban J connectivity index is -0.0000000833. The summed E-state index contributed by atoms with van der Waals surface area (Å²) in [7, 11) is 0. The number of hydrogen-bond donors (Lipinski definition) is 0. The molecule has 1 aliphatic carbocycles. The topological polar surface area (TPSA) is 0 Å². The van der Waals surface area contributed by atoms with Gasteiger partial charge >= 0.3 is 23.1 Å². The molecule has 0 spiro atoms. The molecule has 0 atom stereocenters. The van der Waals surface area contributed by atoms with Gasteiger partial charge in [0.1, 0.15) is 0 Å². The molecule has 0 aromatic rings. The van der Waals surface area contributed by atoms with Crippen LogP contribution in [0.5, 0.6) is 0 Å². The Labute approximate surface area is 62.4 Å². The second-order valence-corrected chi connectivity index (χ2v) is 1.91. The minimum absolute atomic E-state index is 0. The van der Waals surface area contributed by atoms with E-state index in [-0.39, 0.29) is 25.9 Å². The van der Waals surface area contributed by atoms with Crippen molar-refractivity contribution in [3.63, 3.8) is 0 Å². The summed E-state index contributed by atoms with van der Waals surface area (Å²) in [6.07, 6.45) is 2.76. The summed E-state index contributed by atoms with van der Waals surface area (Å²) in [4.78, 5) is 0. The average Bonchev–Trinajstić information content (AvgIpc) is 2.12. The molecule has 0 aliphatic heterocycles. The molecule has 0 N–H and O–H groups in total. The summed E-state index contributed by atoms with van der Waals surface area (Å²) in [5.74, 6) is 1.79. The van der Waals surface area contributed by atoms with Crippen molar-refractivity contribution in [2.24, 2.45) is 5.92 Å². The first-order chi connectivity index (χ1) is 2.43. The first-order valence-corrected chi connectivity index (χ1v) is 2.53. The van der Waals surface area contributed by atoms with Crippen LogP contribution in [0.15, 0.2) is 0 Å². The molecule has 1 saturated carbocycles. The molecule has 0 amide bonds. The molecule has 1 rings (SSSR count). The van der Waals surface area contributed by atoms with Crippen molar-refractivity contribution in [1.82, 2.24) is 0 Å². The van der Waals surface area contributed by atoms with E-state index < -0.39 is 0 Å². The maximum absolute atomic E-state index is 5.40. The molecule has 0 radical (unpaired) electrons. The van der Waals surface area contributed by atoms with Crippen molar-refractivity contribution in [2.45, 2.75) is 12.8 Å². The molecule has 34 valence electrons. The second kappa shape index (κ2) is 3.11. The van der Waals surface area contributed by atoms with E-state index in [0.717, 1.165) is 11.8 Å². The van der Waals surface area contributed by atoms with Gasteiger partial charge in [-0.1, -0.05) is 0 Å². The van der Waals surface area contributed by atoms with Crippen LogP contribution in [0.25, 0.3) is 0 Å². The third-order valence-electron chi connectivity index (χ3n) is 0.915. The maximum Gasteiger partial charge on any atom is 2.00 e. The summed E-state index contributed by atoms with van der Waals surface area (Å²) >= 11 is 5.40. The Morgan fingerprint density at radius 3 is 2.17 bits per heavy atom. The van der Waals surface area contributed by atoms with E-state index in [4.69, 9.17) is 11.6 Å². The number of hydrogen-bond acceptors (Lipinski definition) is 0. The van der Waals surface area contributed by atoms with Gasteiger partial charge in [0, 0.05) is 5.88 Å². The molecule has 1 fully saturated rings. The van der Waals surface area contributed by atoms with E-state index in [1.165, 1.54) is 12.8 Å². The van der Waals surface area contributed by atoms with Crippen LogP contribution in [-0.4, -0.2) is 28.9 Å². The zero-order valence-electron chi connectivity index (χ0n) is 5.78. The number of alkyl halides is 1. The van der Waals surface area contributed by atoms with Crippen molar-refractivity contribution >= 4 is 34.7 Å². The molecule has 0 saturated heterocycles. The molecule has 0 aromatic carbocycles. The SMILES string of the molecule is ClCC1CC1.[H-].[H-].[Mg+2]. The van der Waals surface area contributed by atoms with E-state index in [1.54, 1.807) is 0 Å². The van der Waals surface area contributed by atoms with Gasteiger partial charge in [-0.3, -0.25) is 0 Å². The van der Waals surface area contributed by atoms with Crippen LogP contribution in [0, 0.1) is 5.92 Å².